The molecule has 0 saturated carbocycles. The number of nitro groups is 1. The number of amides is 1. The summed E-state index contributed by atoms with van der Waals surface area (Å²) in [5.74, 6) is -0.407. The average molecular weight is 443 g/mol. The molecule has 0 saturated heterocycles. The highest BCUT2D eigenvalue weighted by molar-refractivity contribution is 6.24. The highest BCUT2D eigenvalue weighted by Gasteiger charge is 2.36. The molecule has 0 fully saturated rings. The molecule has 7 heteroatoms. The average Bonchev–Trinajstić information content (AvgIpc) is 3.13. The lowest BCUT2D eigenvalue weighted by Crippen LogP contribution is -2.22. The molecule has 4 rings (SSSR count). The van der Waals surface area contributed by atoms with E-state index in [0.29, 0.717) is 28.6 Å². The maximum Gasteiger partial charge on any atom is 0.269 e. The van der Waals surface area contributed by atoms with Crippen LogP contribution in [0.25, 0.3) is 0 Å². The molecule has 0 bridgehead atoms. The van der Waals surface area contributed by atoms with E-state index < -0.39 is 10.8 Å². The summed E-state index contributed by atoms with van der Waals surface area (Å²) in [5.41, 5.74) is 4.29. The van der Waals surface area contributed by atoms with Crippen molar-refractivity contribution in [2.45, 2.75) is 26.3 Å². The number of carbonyl (C=O) groups is 1. The van der Waals surface area contributed by atoms with Crippen LogP contribution in [0.15, 0.2) is 77.8 Å². The number of non-ortho nitro benzene ring substituents is 1. The number of carbonyl (C=O) groups excluding carboxylic acids is 1. The largest absolute Gasteiger partial charge is 0.325 e. The van der Waals surface area contributed by atoms with Crippen LogP contribution in [0, 0.1) is 16.0 Å². The van der Waals surface area contributed by atoms with E-state index in [9.17, 15) is 14.9 Å². The zero-order valence-electron chi connectivity index (χ0n) is 18.6. The molecule has 1 aliphatic heterocycles. The normalized spacial score (nSPS) is 15.4. The van der Waals surface area contributed by atoms with E-state index in [1.807, 2.05) is 54.6 Å². The van der Waals surface area contributed by atoms with E-state index in [0.717, 1.165) is 24.2 Å². The van der Waals surface area contributed by atoms with Crippen molar-refractivity contribution in [2.24, 2.45) is 10.9 Å². The van der Waals surface area contributed by atoms with Crippen molar-refractivity contribution in [3.63, 3.8) is 0 Å². The second-order valence-electron chi connectivity index (χ2n) is 8.51. The number of hydrogen-bond acceptors (Lipinski definition) is 5. The number of anilines is 1. The lowest BCUT2D eigenvalue weighted by atomic mass is 9.90. The van der Waals surface area contributed by atoms with Crippen LogP contribution < -0.4 is 10.6 Å². The van der Waals surface area contributed by atoms with Gasteiger partial charge in [-0.2, -0.15) is 0 Å². The van der Waals surface area contributed by atoms with Crippen molar-refractivity contribution in [3.8, 4) is 0 Å². The van der Waals surface area contributed by atoms with Gasteiger partial charge in [-0.25, -0.2) is 0 Å². The Bertz CT molecular complexity index is 1190. The van der Waals surface area contributed by atoms with Crippen LogP contribution >= 0.6 is 0 Å². The highest BCUT2D eigenvalue weighted by atomic mass is 16.6. The predicted octanol–water partition coefficient (Wildman–Crippen LogP) is 5.20. The molecular formula is C26H26N4O3. The zero-order valence-corrected chi connectivity index (χ0v) is 18.6. The minimum Gasteiger partial charge on any atom is -0.325 e. The van der Waals surface area contributed by atoms with Crippen LogP contribution in [0.4, 0.5) is 17.1 Å². The third kappa shape index (κ3) is 5.15. The summed E-state index contributed by atoms with van der Waals surface area (Å²) in [7, 11) is 0. The van der Waals surface area contributed by atoms with Crippen molar-refractivity contribution in [3.05, 3.63) is 99.6 Å². The van der Waals surface area contributed by atoms with E-state index in [2.05, 4.69) is 24.5 Å². The monoisotopic (exact) mass is 442 g/mol. The molecule has 2 N–H and O–H groups in total. The second-order valence-corrected chi connectivity index (χ2v) is 8.51. The standard InChI is InChI=1S/C26H26N4O3/c1-17(2)15-27-16-18-8-10-20(11-9-18)28-25(19-6-4-3-5-7-19)24-22-14-21(30(32)33)12-13-23(22)29-26(24)31/h3-14,17,24,27H,15-16H2,1-2H3,(H,29,31). The maximum atomic E-state index is 13.0. The molecule has 3 aromatic rings. The predicted molar refractivity (Wildman–Crippen MR) is 130 cm³/mol. The van der Waals surface area contributed by atoms with Crippen LogP contribution in [-0.4, -0.2) is 23.1 Å². The fourth-order valence-corrected chi connectivity index (χ4v) is 3.87. The molecule has 0 aromatic heterocycles. The Morgan fingerprint density at radius 2 is 1.82 bits per heavy atom. The third-order valence-electron chi connectivity index (χ3n) is 5.49. The van der Waals surface area contributed by atoms with Crippen molar-refractivity contribution in [1.29, 1.82) is 0 Å². The zero-order chi connectivity index (χ0) is 23.4. The van der Waals surface area contributed by atoms with Gasteiger partial charge in [0.25, 0.3) is 5.69 Å². The molecule has 1 aliphatic rings. The van der Waals surface area contributed by atoms with E-state index >= 15 is 0 Å². The second kappa shape index (κ2) is 9.75. The Morgan fingerprint density at radius 1 is 1.09 bits per heavy atom. The maximum absolute atomic E-state index is 13.0. The molecule has 0 radical (unpaired) electrons. The van der Waals surface area contributed by atoms with Gasteiger partial charge >= 0.3 is 0 Å². The van der Waals surface area contributed by atoms with E-state index in [1.165, 1.54) is 12.1 Å². The molecule has 1 heterocycles. The minimum atomic E-state index is -0.741. The molecule has 1 atom stereocenters. The number of nitrogens with zero attached hydrogens (tertiary/aromatic N) is 2. The molecule has 1 amide bonds. The molecule has 0 spiro atoms. The number of nitrogens with one attached hydrogen (secondary N) is 2. The van der Waals surface area contributed by atoms with Crippen LogP contribution in [0.5, 0.6) is 0 Å². The molecule has 168 valence electrons. The molecule has 3 aromatic carbocycles. The number of rotatable bonds is 8. The van der Waals surface area contributed by atoms with Gasteiger partial charge in [-0.3, -0.25) is 19.9 Å². The van der Waals surface area contributed by atoms with Gasteiger partial charge in [-0.05, 0) is 41.8 Å². The number of aliphatic imine (C=N–C) groups is 1. The summed E-state index contributed by atoms with van der Waals surface area (Å²) in [5, 5.41) is 17.6. The van der Waals surface area contributed by atoms with Crippen molar-refractivity contribution < 1.29 is 9.72 Å². The van der Waals surface area contributed by atoms with Gasteiger partial charge in [0.1, 0.15) is 5.92 Å². The quantitative estimate of drug-likeness (QED) is 0.285. The Labute approximate surface area is 192 Å². The Kier molecular flexibility index (Phi) is 6.60. The molecular weight excluding hydrogens is 416 g/mol. The third-order valence-corrected chi connectivity index (χ3v) is 5.49. The summed E-state index contributed by atoms with van der Waals surface area (Å²) >= 11 is 0. The van der Waals surface area contributed by atoms with E-state index in [-0.39, 0.29) is 11.6 Å². The van der Waals surface area contributed by atoms with Gasteiger partial charge in [0.2, 0.25) is 5.91 Å². The molecule has 7 nitrogen and oxygen atoms in total. The van der Waals surface area contributed by atoms with Crippen LogP contribution in [0.2, 0.25) is 0 Å². The van der Waals surface area contributed by atoms with Crippen LogP contribution in [0.1, 0.15) is 36.5 Å². The number of nitro benzene ring substituents is 1. The van der Waals surface area contributed by atoms with Gasteiger partial charge in [0.15, 0.2) is 0 Å². The molecule has 1 unspecified atom stereocenters. The topological polar surface area (TPSA) is 96.6 Å². The number of fused-ring (bicyclic) bond motifs is 1. The fraction of sp³-hybridized carbons (Fsp3) is 0.231. The van der Waals surface area contributed by atoms with Gasteiger partial charge in [-0.15, -0.1) is 0 Å². The lowest BCUT2D eigenvalue weighted by Gasteiger charge is -2.14. The Hall–Kier alpha value is -3.84. The van der Waals surface area contributed by atoms with Crippen LogP contribution in [-0.2, 0) is 11.3 Å². The summed E-state index contributed by atoms with van der Waals surface area (Å²) < 4.78 is 0. The summed E-state index contributed by atoms with van der Waals surface area (Å²) in [6, 6.07) is 21.8. The van der Waals surface area contributed by atoms with Gasteiger partial charge in [0, 0.05) is 29.9 Å². The molecule has 0 aliphatic carbocycles. The van der Waals surface area contributed by atoms with E-state index in [4.69, 9.17) is 4.99 Å². The first-order valence-corrected chi connectivity index (χ1v) is 10.9. The fourth-order valence-electron chi connectivity index (χ4n) is 3.87. The Balaban J connectivity index is 1.71. The molecule has 33 heavy (non-hydrogen) atoms. The first-order valence-electron chi connectivity index (χ1n) is 10.9. The lowest BCUT2D eigenvalue weighted by molar-refractivity contribution is -0.384. The van der Waals surface area contributed by atoms with Crippen molar-refractivity contribution in [1.82, 2.24) is 5.32 Å². The van der Waals surface area contributed by atoms with Gasteiger partial charge < -0.3 is 10.6 Å². The highest BCUT2D eigenvalue weighted by Crippen LogP contribution is 2.38. The van der Waals surface area contributed by atoms with Crippen molar-refractivity contribution >= 4 is 28.7 Å². The Morgan fingerprint density at radius 3 is 2.48 bits per heavy atom. The summed E-state index contributed by atoms with van der Waals surface area (Å²) in [6.07, 6.45) is 0. The smallest absolute Gasteiger partial charge is 0.269 e. The minimum absolute atomic E-state index is 0.0547. The number of hydrogen-bond donors (Lipinski definition) is 2. The summed E-state index contributed by atoms with van der Waals surface area (Å²) in [6.45, 7) is 6.06. The number of benzene rings is 3. The first kappa shape index (κ1) is 22.4. The SMILES string of the molecule is CC(C)CNCc1ccc(N=C(c2ccccc2)C2C(=O)Nc3ccc([N+](=O)[O-])cc32)cc1. The van der Waals surface area contributed by atoms with Crippen molar-refractivity contribution in [2.75, 3.05) is 11.9 Å². The van der Waals surface area contributed by atoms with E-state index in [1.54, 1.807) is 6.07 Å². The van der Waals surface area contributed by atoms with Gasteiger partial charge in [-0.1, -0.05) is 56.3 Å². The van der Waals surface area contributed by atoms with Gasteiger partial charge in [0.05, 0.1) is 16.3 Å². The summed E-state index contributed by atoms with van der Waals surface area (Å²) in [4.78, 5) is 28.7. The van der Waals surface area contributed by atoms with Crippen LogP contribution in [0.3, 0.4) is 0 Å². The first-order chi connectivity index (χ1) is 15.9.